The number of cyclic esters (lactones) is 1. The van der Waals surface area contributed by atoms with Crippen molar-refractivity contribution < 1.29 is 19.2 Å². The fourth-order valence-corrected chi connectivity index (χ4v) is 6.39. The number of rotatable bonds is 8. The van der Waals surface area contributed by atoms with Gasteiger partial charge in [-0.3, -0.25) is 0 Å². The molecular formula is C32H35N7O4. The molecule has 43 heavy (non-hydrogen) atoms. The smallest absolute Gasteiger partial charge is 0.338 e. The average molecular weight is 582 g/mol. The molecule has 3 N–H and O–H groups in total. The van der Waals surface area contributed by atoms with Gasteiger partial charge in [0.25, 0.3) is 5.89 Å². The summed E-state index contributed by atoms with van der Waals surface area (Å²) < 4.78 is 11.2. The fraction of sp³-hybridized carbons (Fsp3) is 0.406. The molecule has 222 valence electrons. The number of benzene rings is 2. The number of ether oxygens (including phenoxy) is 1. The first-order chi connectivity index (χ1) is 20.8. The monoisotopic (exact) mass is 581 g/mol. The summed E-state index contributed by atoms with van der Waals surface area (Å²) in [5.74, 6) is 1.55. The average Bonchev–Trinajstić information content (AvgIpc) is 3.55. The van der Waals surface area contributed by atoms with E-state index in [4.69, 9.17) is 19.2 Å². The minimum Gasteiger partial charge on any atom is -0.461 e. The van der Waals surface area contributed by atoms with E-state index in [0.717, 1.165) is 61.5 Å². The van der Waals surface area contributed by atoms with Gasteiger partial charge in [-0.25, -0.2) is 9.78 Å². The number of hydrogen-bond acceptors (Lipinski definition) is 11. The second kappa shape index (κ2) is 10.7. The van der Waals surface area contributed by atoms with Crippen LogP contribution in [0.1, 0.15) is 66.5 Å². The Bertz CT molecular complexity index is 1630. The zero-order chi connectivity index (χ0) is 29.6. The molecule has 2 aromatic carbocycles. The molecule has 0 amide bonds. The molecule has 0 saturated carbocycles. The van der Waals surface area contributed by atoms with Gasteiger partial charge >= 0.3 is 5.97 Å². The number of nitrogens with one attached hydrogen (secondary N) is 2. The van der Waals surface area contributed by atoms with Crippen molar-refractivity contribution in [2.75, 3.05) is 43.5 Å². The third kappa shape index (κ3) is 5.12. The molecule has 8 rings (SSSR count). The largest absolute Gasteiger partial charge is 0.461 e. The van der Waals surface area contributed by atoms with Gasteiger partial charge in [0, 0.05) is 22.7 Å². The van der Waals surface area contributed by atoms with Gasteiger partial charge in [-0.2, -0.15) is 9.97 Å². The summed E-state index contributed by atoms with van der Waals surface area (Å²) in [6.45, 7) is 7.41. The van der Waals surface area contributed by atoms with Crippen LogP contribution in [0.15, 0.2) is 59.3 Å². The summed E-state index contributed by atoms with van der Waals surface area (Å²) in [5.41, 5.74) is 3.28. The molecule has 1 atom stereocenters. The van der Waals surface area contributed by atoms with Crippen molar-refractivity contribution in [1.29, 1.82) is 0 Å². The highest BCUT2D eigenvalue weighted by Crippen LogP contribution is 2.42. The van der Waals surface area contributed by atoms with Gasteiger partial charge in [0.05, 0.1) is 18.2 Å². The molecule has 0 unspecified atom stereocenters. The second-order valence-corrected chi connectivity index (χ2v) is 12.4. The Morgan fingerprint density at radius 3 is 2.53 bits per heavy atom. The van der Waals surface area contributed by atoms with Crippen molar-refractivity contribution in [3.8, 4) is 11.5 Å². The van der Waals surface area contributed by atoms with Crippen molar-refractivity contribution in [1.82, 2.24) is 25.0 Å². The minimum absolute atomic E-state index is 0.0588. The Balaban J connectivity index is 1.23. The maximum Gasteiger partial charge on any atom is 0.338 e. The van der Waals surface area contributed by atoms with Crippen LogP contribution in [0.5, 0.6) is 0 Å². The summed E-state index contributed by atoms with van der Waals surface area (Å²) >= 11 is 0. The van der Waals surface area contributed by atoms with Gasteiger partial charge in [0.1, 0.15) is 18.0 Å². The van der Waals surface area contributed by atoms with Crippen molar-refractivity contribution >= 4 is 23.4 Å². The van der Waals surface area contributed by atoms with Crippen molar-refractivity contribution in [3.05, 3.63) is 77.2 Å². The second-order valence-electron chi connectivity index (χ2n) is 12.4. The Morgan fingerprint density at radius 2 is 1.79 bits per heavy atom. The van der Waals surface area contributed by atoms with Crippen LogP contribution in [-0.4, -0.2) is 68.9 Å². The number of carbonyl (C=O) groups excluding carboxylic acids is 1. The lowest BCUT2D eigenvalue weighted by Gasteiger charge is -2.46. The predicted octanol–water partition coefficient (Wildman–Crippen LogP) is 4.60. The van der Waals surface area contributed by atoms with Gasteiger partial charge in [-0.15, -0.1) is 0 Å². The Labute approximate surface area is 249 Å². The molecule has 0 aliphatic carbocycles. The summed E-state index contributed by atoms with van der Waals surface area (Å²) in [6, 6.07) is 14.8. The summed E-state index contributed by atoms with van der Waals surface area (Å²) in [6.07, 6.45) is 4.72. The SMILES string of the molecule is CC1(C)COC(=O)c2ccc(Nc3ncc(-c4nc(C56CCN(CC5)CC6)no4)c(N[C@H](CO)c4ccccc4)n3)cc21. The molecule has 3 saturated heterocycles. The molecule has 11 heteroatoms. The summed E-state index contributed by atoms with van der Waals surface area (Å²) in [4.78, 5) is 29.1. The third-order valence-corrected chi connectivity index (χ3v) is 9.12. The number of fused-ring (bicyclic) bond motifs is 4. The van der Waals surface area contributed by atoms with Crippen LogP contribution in [-0.2, 0) is 15.6 Å². The van der Waals surface area contributed by atoms with Crippen molar-refractivity contribution in [2.24, 2.45) is 0 Å². The lowest BCUT2D eigenvalue weighted by atomic mass is 9.71. The predicted molar refractivity (Wildman–Crippen MR) is 160 cm³/mol. The number of aliphatic hydroxyl groups excluding tert-OH is 1. The van der Waals surface area contributed by atoms with E-state index in [2.05, 4.69) is 25.7 Å². The highest BCUT2D eigenvalue weighted by Gasteiger charge is 2.44. The number of nitrogens with zero attached hydrogens (tertiary/aromatic N) is 5. The van der Waals surface area contributed by atoms with E-state index in [-0.39, 0.29) is 23.4 Å². The maximum atomic E-state index is 12.3. The van der Waals surface area contributed by atoms with Crippen molar-refractivity contribution in [3.63, 3.8) is 0 Å². The van der Waals surface area contributed by atoms with Crippen LogP contribution in [0, 0.1) is 0 Å². The number of anilines is 3. The van der Waals surface area contributed by atoms with Gasteiger partial charge in [0.15, 0.2) is 5.82 Å². The third-order valence-electron chi connectivity index (χ3n) is 9.12. The van der Waals surface area contributed by atoms with Crippen LogP contribution in [0.2, 0.25) is 0 Å². The molecule has 2 aromatic heterocycles. The molecular weight excluding hydrogens is 546 g/mol. The quantitative estimate of drug-likeness (QED) is 0.252. The highest BCUT2D eigenvalue weighted by atomic mass is 16.5. The normalized spacial score (nSPS) is 22.9. The lowest BCUT2D eigenvalue weighted by Crippen LogP contribution is -2.51. The van der Waals surface area contributed by atoms with Crippen LogP contribution >= 0.6 is 0 Å². The molecule has 11 nitrogen and oxygen atoms in total. The van der Waals surface area contributed by atoms with E-state index >= 15 is 0 Å². The maximum absolute atomic E-state index is 12.3. The van der Waals surface area contributed by atoms with Gasteiger partial charge in [-0.1, -0.05) is 49.3 Å². The molecule has 4 aliphatic heterocycles. The van der Waals surface area contributed by atoms with Crippen LogP contribution < -0.4 is 10.6 Å². The van der Waals surface area contributed by atoms with E-state index in [9.17, 15) is 9.90 Å². The van der Waals surface area contributed by atoms with Crippen LogP contribution in [0.25, 0.3) is 11.5 Å². The lowest BCUT2D eigenvalue weighted by molar-refractivity contribution is 0.0373. The van der Waals surface area contributed by atoms with E-state index in [1.807, 2.05) is 56.3 Å². The molecule has 6 heterocycles. The molecule has 0 spiro atoms. The van der Waals surface area contributed by atoms with E-state index in [1.165, 1.54) is 0 Å². The number of piperidine rings is 3. The van der Waals surface area contributed by atoms with E-state index in [0.29, 0.717) is 35.4 Å². The van der Waals surface area contributed by atoms with E-state index < -0.39 is 6.04 Å². The Morgan fingerprint density at radius 1 is 1.02 bits per heavy atom. The minimum atomic E-state index is -0.429. The zero-order valence-corrected chi connectivity index (χ0v) is 24.3. The van der Waals surface area contributed by atoms with Crippen LogP contribution in [0.4, 0.5) is 17.5 Å². The first-order valence-electron chi connectivity index (χ1n) is 14.8. The van der Waals surface area contributed by atoms with Gasteiger partial charge < -0.3 is 29.9 Å². The topological polar surface area (TPSA) is 139 Å². The number of esters is 1. The van der Waals surface area contributed by atoms with Crippen molar-refractivity contribution in [2.45, 2.75) is 50.0 Å². The fourth-order valence-electron chi connectivity index (χ4n) is 6.39. The Kier molecular flexibility index (Phi) is 6.86. The van der Waals surface area contributed by atoms with Gasteiger partial charge in [0.2, 0.25) is 5.95 Å². The standard InChI is InChI=1S/C32H35N7O4/c1-31(2)19-42-28(41)22-9-8-21(16-24(22)31)34-30-33-17-23(26(36-30)35-25(18-40)20-6-4-3-5-7-20)27-37-29(38-43-27)32-10-13-39(14-11-32)15-12-32/h3-9,16-17,25,40H,10-15,18-19H2,1-2H3,(H2,33,34,35,36)/t25-/m1/s1. The molecule has 2 bridgehead atoms. The number of carbonyl (C=O) groups is 1. The molecule has 0 radical (unpaired) electrons. The molecule has 3 fully saturated rings. The van der Waals surface area contributed by atoms with E-state index in [1.54, 1.807) is 12.3 Å². The molecule has 4 aromatic rings. The zero-order valence-electron chi connectivity index (χ0n) is 24.3. The van der Waals surface area contributed by atoms with Gasteiger partial charge in [-0.05, 0) is 68.2 Å². The first-order valence-corrected chi connectivity index (χ1v) is 14.8. The van der Waals surface area contributed by atoms with Crippen LogP contribution in [0.3, 0.4) is 0 Å². The number of aliphatic hydroxyl groups is 1. The summed E-state index contributed by atoms with van der Waals surface area (Å²) in [5, 5.41) is 21.4. The number of hydrogen-bond donors (Lipinski definition) is 3. The number of aromatic nitrogens is 4. The Hall–Kier alpha value is -4.35. The molecule has 4 aliphatic rings. The first kappa shape index (κ1) is 27.5. The highest BCUT2D eigenvalue weighted by molar-refractivity contribution is 5.93. The summed E-state index contributed by atoms with van der Waals surface area (Å²) in [7, 11) is 0.